The maximum atomic E-state index is 13.3. The summed E-state index contributed by atoms with van der Waals surface area (Å²) in [6.07, 6.45) is 2.06. The van der Waals surface area contributed by atoms with Gasteiger partial charge in [-0.15, -0.1) is 11.3 Å². The van der Waals surface area contributed by atoms with Crippen LogP contribution in [-0.2, 0) is 16.0 Å². The van der Waals surface area contributed by atoms with E-state index in [2.05, 4.69) is 13.8 Å². The maximum Gasteiger partial charge on any atom is 0.242 e. The summed E-state index contributed by atoms with van der Waals surface area (Å²) in [6, 6.07) is 7.72. The molecule has 0 saturated carbocycles. The van der Waals surface area contributed by atoms with E-state index >= 15 is 0 Å². The molecule has 0 radical (unpaired) electrons. The average Bonchev–Trinajstić information content (AvgIpc) is 3.24. The molecule has 0 aliphatic carbocycles. The summed E-state index contributed by atoms with van der Waals surface area (Å²) in [5, 5.41) is 2.04. The van der Waals surface area contributed by atoms with E-state index in [1.807, 2.05) is 23.3 Å². The lowest BCUT2D eigenvalue weighted by atomic mass is 10.0. The molecular formula is C24H31FN2O3S. The number of ether oxygens (including phenoxy) is 1. The Morgan fingerprint density at radius 1 is 1.26 bits per heavy atom. The minimum Gasteiger partial charge on any atom is -0.491 e. The van der Waals surface area contributed by atoms with Crippen molar-refractivity contribution in [3.63, 3.8) is 0 Å². The Morgan fingerprint density at radius 3 is 2.68 bits per heavy atom. The fourth-order valence-electron chi connectivity index (χ4n) is 3.76. The van der Waals surface area contributed by atoms with E-state index < -0.39 is 0 Å². The Morgan fingerprint density at radius 2 is 2.00 bits per heavy atom. The van der Waals surface area contributed by atoms with Crippen LogP contribution in [0.15, 0.2) is 35.7 Å². The van der Waals surface area contributed by atoms with Crippen molar-refractivity contribution >= 4 is 23.2 Å². The molecule has 2 amide bonds. The second-order valence-corrected chi connectivity index (χ2v) is 9.27. The third-order valence-electron chi connectivity index (χ3n) is 5.59. The van der Waals surface area contributed by atoms with Crippen LogP contribution in [0.4, 0.5) is 4.39 Å². The van der Waals surface area contributed by atoms with Crippen molar-refractivity contribution in [3.8, 4) is 5.75 Å². The van der Waals surface area contributed by atoms with Gasteiger partial charge in [0.2, 0.25) is 11.8 Å². The minimum atomic E-state index is -0.316. The van der Waals surface area contributed by atoms with Crippen LogP contribution >= 0.6 is 11.3 Å². The number of thiophene rings is 1. The molecular weight excluding hydrogens is 415 g/mol. The number of carbonyl (C=O) groups excluding carboxylic acids is 2. The standard InChI is InChI=1S/C24H31FN2O3S/c1-4-23(28)26(12-9-17(2)3)15-24(29)27-13-10-22-20(11-14-31-22)21(27)16-30-19-7-5-18(25)6-8-19/h5-8,11,14,17,21H,4,9-10,12-13,15-16H2,1-3H3/t21-/m0/s1. The first-order valence-corrected chi connectivity index (χ1v) is 11.8. The Kier molecular flexibility index (Phi) is 8.07. The largest absolute Gasteiger partial charge is 0.491 e. The molecule has 0 unspecified atom stereocenters. The fourth-order valence-corrected chi connectivity index (χ4v) is 4.69. The Hall–Kier alpha value is -2.41. The van der Waals surface area contributed by atoms with Gasteiger partial charge < -0.3 is 14.5 Å². The highest BCUT2D eigenvalue weighted by molar-refractivity contribution is 7.10. The third-order valence-corrected chi connectivity index (χ3v) is 6.59. The molecule has 1 aliphatic rings. The summed E-state index contributed by atoms with van der Waals surface area (Å²) in [7, 11) is 0. The van der Waals surface area contributed by atoms with Gasteiger partial charge >= 0.3 is 0 Å². The molecule has 168 valence electrons. The van der Waals surface area contributed by atoms with Crippen molar-refractivity contribution in [1.29, 1.82) is 0 Å². The number of amides is 2. The quantitative estimate of drug-likeness (QED) is 0.562. The van der Waals surface area contributed by atoms with Gasteiger partial charge in [0.15, 0.2) is 0 Å². The van der Waals surface area contributed by atoms with Gasteiger partial charge in [0.05, 0.1) is 12.6 Å². The van der Waals surface area contributed by atoms with E-state index in [-0.39, 0.29) is 36.8 Å². The summed E-state index contributed by atoms with van der Waals surface area (Å²) < 4.78 is 19.1. The summed E-state index contributed by atoms with van der Waals surface area (Å²) in [5.74, 6) is 0.652. The Labute approximate surface area is 187 Å². The molecule has 0 spiro atoms. The predicted molar refractivity (Wildman–Crippen MR) is 121 cm³/mol. The zero-order chi connectivity index (χ0) is 22.4. The van der Waals surface area contributed by atoms with E-state index in [4.69, 9.17) is 4.74 Å². The van der Waals surface area contributed by atoms with Crippen LogP contribution in [0.25, 0.3) is 0 Å². The molecule has 0 saturated heterocycles. The molecule has 1 aromatic heterocycles. The van der Waals surface area contributed by atoms with E-state index in [0.717, 1.165) is 18.4 Å². The third kappa shape index (κ3) is 6.06. The number of rotatable bonds is 9. The number of halogens is 1. The van der Waals surface area contributed by atoms with Gasteiger partial charge in [-0.1, -0.05) is 20.8 Å². The molecule has 0 fully saturated rings. The molecule has 2 aromatic rings. The van der Waals surface area contributed by atoms with Crippen LogP contribution in [-0.4, -0.2) is 47.9 Å². The second-order valence-electron chi connectivity index (χ2n) is 8.27. The normalized spacial score (nSPS) is 15.6. The van der Waals surface area contributed by atoms with Crippen molar-refractivity contribution in [2.24, 2.45) is 5.92 Å². The number of fused-ring (bicyclic) bond motifs is 1. The van der Waals surface area contributed by atoms with Crippen molar-refractivity contribution in [2.45, 2.75) is 46.1 Å². The molecule has 2 heterocycles. The van der Waals surface area contributed by atoms with Gasteiger partial charge in [0.25, 0.3) is 0 Å². The maximum absolute atomic E-state index is 13.3. The number of benzene rings is 1. The minimum absolute atomic E-state index is 0.00124. The van der Waals surface area contributed by atoms with Gasteiger partial charge in [-0.25, -0.2) is 4.39 Å². The van der Waals surface area contributed by atoms with Gasteiger partial charge in [0, 0.05) is 24.4 Å². The molecule has 1 aliphatic heterocycles. The van der Waals surface area contributed by atoms with E-state index in [1.54, 1.807) is 28.4 Å². The summed E-state index contributed by atoms with van der Waals surface area (Å²) in [5.41, 5.74) is 1.10. The van der Waals surface area contributed by atoms with Crippen molar-refractivity contribution in [1.82, 2.24) is 9.80 Å². The monoisotopic (exact) mass is 446 g/mol. The lowest BCUT2D eigenvalue weighted by molar-refractivity contribution is -0.142. The van der Waals surface area contributed by atoms with Crippen LogP contribution in [0.5, 0.6) is 5.75 Å². The Balaban J connectivity index is 1.74. The summed E-state index contributed by atoms with van der Waals surface area (Å²) in [6.45, 7) is 7.62. The zero-order valence-electron chi connectivity index (χ0n) is 18.5. The zero-order valence-corrected chi connectivity index (χ0v) is 19.3. The smallest absolute Gasteiger partial charge is 0.242 e. The van der Waals surface area contributed by atoms with Gasteiger partial charge in [-0.2, -0.15) is 0 Å². The topological polar surface area (TPSA) is 49.9 Å². The van der Waals surface area contributed by atoms with Crippen LogP contribution < -0.4 is 4.74 Å². The SMILES string of the molecule is CCC(=O)N(CCC(C)C)CC(=O)N1CCc2sccc2[C@@H]1COc1ccc(F)cc1. The number of nitrogens with zero attached hydrogens (tertiary/aromatic N) is 2. The molecule has 7 heteroatoms. The van der Waals surface area contributed by atoms with E-state index in [9.17, 15) is 14.0 Å². The van der Waals surface area contributed by atoms with Gasteiger partial charge in [-0.3, -0.25) is 9.59 Å². The van der Waals surface area contributed by atoms with Crippen LogP contribution in [0.2, 0.25) is 0 Å². The molecule has 0 bridgehead atoms. The predicted octanol–water partition coefficient (Wildman–Crippen LogP) is 4.68. The van der Waals surface area contributed by atoms with E-state index in [1.165, 1.54) is 17.0 Å². The molecule has 1 aromatic carbocycles. The molecule has 3 rings (SSSR count). The highest BCUT2D eigenvalue weighted by Crippen LogP contribution is 2.34. The molecule has 1 atom stereocenters. The first-order chi connectivity index (χ1) is 14.9. The lowest BCUT2D eigenvalue weighted by Crippen LogP contribution is -2.48. The van der Waals surface area contributed by atoms with Gasteiger partial charge in [0.1, 0.15) is 18.2 Å². The Bertz CT molecular complexity index is 881. The van der Waals surface area contributed by atoms with Crippen molar-refractivity contribution in [2.75, 3.05) is 26.2 Å². The van der Waals surface area contributed by atoms with Crippen LogP contribution in [0.1, 0.15) is 50.1 Å². The molecule has 31 heavy (non-hydrogen) atoms. The first kappa shape index (κ1) is 23.3. The molecule has 5 nitrogen and oxygen atoms in total. The number of hydrogen-bond acceptors (Lipinski definition) is 4. The van der Waals surface area contributed by atoms with Crippen molar-refractivity contribution in [3.05, 3.63) is 52.0 Å². The summed E-state index contributed by atoms with van der Waals surface area (Å²) >= 11 is 1.69. The second kappa shape index (κ2) is 10.8. The first-order valence-electron chi connectivity index (χ1n) is 10.9. The lowest BCUT2D eigenvalue weighted by Gasteiger charge is -2.37. The fraction of sp³-hybridized carbons (Fsp3) is 0.500. The van der Waals surface area contributed by atoms with Crippen LogP contribution in [0.3, 0.4) is 0 Å². The van der Waals surface area contributed by atoms with Crippen molar-refractivity contribution < 1.29 is 18.7 Å². The summed E-state index contributed by atoms with van der Waals surface area (Å²) in [4.78, 5) is 30.5. The highest BCUT2D eigenvalue weighted by Gasteiger charge is 2.33. The molecule has 0 N–H and O–H groups in total. The average molecular weight is 447 g/mol. The number of carbonyl (C=O) groups is 2. The van der Waals surface area contributed by atoms with Crippen LogP contribution in [0, 0.1) is 11.7 Å². The van der Waals surface area contributed by atoms with Gasteiger partial charge in [-0.05, 0) is 60.0 Å². The number of hydrogen-bond donors (Lipinski definition) is 0. The highest BCUT2D eigenvalue weighted by atomic mass is 32.1. The van der Waals surface area contributed by atoms with E-state index in [0.29, 0.717) is 31.2 Å².